The zero-order valence-electron chi connectivity index (χ0n) is 14.3. The van der Waals surface area contributed by atoms with Gasteiger partial charge < -0.3 is 9.15 Å². The molecule has 0 fully saturated rings. The third-order valence-electron chi connectivity index (χ3n) is 3.71. The van der Waals surface area contributed by atoms with E-state index in [4.69, 9.17) is 20.8 Å². The van der Waals surface area contributed by atoms with Gasteiger partial charge in [-0.15, -0.1) is 10.2 Å². The van der Waals surface area contributed by atoms with Crippen molar-refractivity contribution in [2.75, 3.05) is 21.2 Å². The number of para-hydroxylation sites is 1. The number of benzene rings is 2. The second kappa shape index (κ2) is 7.06. The Morgan fingerprint density at radius 3 is 2.35 bits per heavy atom. The van der Waals surface area contributed by atoms with Gasteiger partial charge >= 0.3 is 0 Å². The SMILES string of the molecule is COc1ccccc1-c1nnc(-c2cc(S(=O)(=O)N(C)C)ccc2Cl)o1. The maximum absolute atomic E-state index is 12.3. The third kappa shape index (κ3) is 3.31. The second-order valence-electron chi connectivity index (χ2n) is 5.54. The van der Waals surface area contributed by atoms with E-state index >= 15 is 0 Å². The zero-order valence-corrected chi connectivity index (χ0v) is 15.9. The fourth-order valence-electron chi connectivity index (χ4n) is 2.30. The molecule has 0 aliphatic rings. The monoisotopic (exact) mass is 393 g/mol. The van der Waals surface area contributed by atoms with Gasteiger partial charge in [-0.3, -0.25) is 0 Å². The van der Waals surface area contributed by atoms with Gasteiger partial charge in [-0.25, -0.2) is 12.7 Å². The molecule has 0 N–H and O–H groups in total. The summed E-state index contributed by atoms with van der Waals surface area (Å²) >= 11 is 6.21. The molecule has 2 aromatic carbocycles. The number of rotatable bonds is 5. The normalized spacial score (nSPS) is 11.7. The number of hydrogen-bond donors (Lipinski definition) is 0. The lowest BCUT2D eigenvalue weighted by Crippen LogP contribution is -2.22. The highest BCUT2D eigenvalue weighted by Gasteiger charge is 2.21. The average Bonchev–Trinajstić information content (AvgIpc) is 3.11. The minimum absolute atomic E-state index is 0.0824. The highest BCUT2D eigenvalue weighted by Crippen LogP contribution is 2.34. The quantitative estimate of drug-likeness (QED) is 0.661. The predicted octanol–water partition coefficient (Wildman–Crippen LogP) is 3.32. The van der Waals surface area contributed by atoms with E-state index < -0.39 is 10.0 Å². The lowest BCUT2D eigenvalue weighted by molar-refractivity contribution is 0.414. The molecule has 136 valence electrons. The highest BCUT2D eigenvalue weighted by atomic mass is 35.5. The first-order valence-corrected chi connectivity index (χ1v) is 9.35. The summed E-state index contributed by atoms with van der Waals surface area (Å²) in [5, 5.41) is 8.33. The number of sulfonamides is 1. The second-order valence-corrected chi connectivity index (χ2v) is 8.10. The van der Waals surface area contributed by atoms with E-state index in [-0.39, 0.29) is 16.7 Å². The van der Waals surface area contributed by atoms with Crippen molar-refractivity contribution in [3.63, 3.8) is 0 Å². The van der Waals surface area contributed by atoms with E-state index in [1.165, 1.54) is 32.3 Å². The molecule has 0 amide bonds. The number of aromatic nitrogens is 2. The zero-order chi connectivity index (χ0) is 18.9. The molecule has 3 aromatic rings. The maximum Gasteiger partial charge on any atom is 0.251 e. The van der Waals surface area contributed by atoms with Gasteiger partial charge in [-0.1, -0.05) is 23.7 Å². The van der Waals surface area contributed by atoms with Crippen molar-refractivity contribution in [1.82, 2.24) is 14.5 Å². The minimum atomic E-state index is -3.62. The summed E-state index contributed by atoms with van der Waals surface area (Å²) in [6.45, 7) is 0. The molecule has 0 saturated carbocycles. The summed E-state index contributed by atoms with van der Waals surface area (Å²) in [5.41, 5.74) is 0.963. The summed E-state index contributed by atoms with van der Waals surface area (Å²) in [7, 11) is 0.838. The van der Waals surface area contributed by atoms with Crippen molar-refractivity contribution < 1.29 is 17.6 Å². The molecule has 1 aromatic heterocycles. The predicted molar refractivity (Wildman–Crippen MR) is 97.6 cm³/mol. The van der Waals surface area contributed by atoms with E-state index in [9.17, 15) is 8.42 Å². The van der Waals surface area contributed by atoms with Crippen LogP contribution in [0.15, 0.2) is 51.8 Å². The van der Waals surface area contributed by atoms with Crippen molar-refractivity contribution in [3.8, 4) is 28.7 Å². The van der Waals surface area contributed by atoms with Crippen LogP contribution in [0.5, 0.6) is 5.75 Å². The van der Waals surface area contributed by atoms with Gasteiger partial charge in [0.2, 0.25) is 15.9 Å². The molecule has 1 heterocycles. The topological polar surface area (TPSA) is 85.5 Å². The van der Waals surface area contributed by atoms with Crippen LogP contribution in [0.1, 0.15) is 0 Å². The summed E-state index contributed by atoms with van der Waals surface area (Å²) in [5.74, 6) is 0.943. The lowest BCUT2D eigenvalue weighted by Gasteiger charge is -2.12. The molecule has 3 rings (SSSR count). The Hall–Kier alpha value is -2.42. The Morgan fingerprint density at radius 1 is 1.04 bits per heavy atom. The van der Waals surface area contributed by atoms with Gasteiger partial charge in [0.1, 0.15) is 5.75 Å². The van der Waals surface area contributed by atoms with Crippen LogP contribution in [0.2, 0.25) is 5.02 Å². The fourth-order valence-corrected chi connectivity index (χ4v) is 3.43. The molecule has 9 heteroatoms. The van der Waals surface area contributed by atoms with Crippen molar-refractivity contribution in [1.29, 1.82) is 0 Å². The van der Waals surface area contributed by atoms with Crippen LogP contribution in [0.4, 0.5) is 0 Å². The van der Waals surface area contributed by atoms with Gasteiger partial charge in [0.25, 0.3) is 5.89 Å². The number of halogens is 1. The molecule has 0 aliphatic carbocycles. The Kier molecular flexibility index (Phi) is 4.99. The molecule has 0 unspecified atom stereocenters. The summed E-state index contributed by atoms with van der Waals surface area (Å²) in [6.07, 6.45) is 0. The number of ether oxygens (including phenoxy) is 1. The molecular weight excluding hydrogens is 378 g/mol. The van der Waals surface area contributed by atoms with E-state index in [1.807, 2.05) is 12.1 Å². The van der Waals surface area contributed by atoms with E-state index in [1.54, 1.807) is 19.2 Å². The minimum Gasteiger partial charge on any atom is -0.496 e. The molecule has 0 atom stereocenters. The number of nitrogens with zero attached hydrogens (tertiary/aromatic N) is 3. The van der Waals surface area contributed by atoms with Crippen molar-refractivity contribution in [2.45, 2.75) is 4.90 Å². The number of methoxy groups -OCH3 is 1. The first-order valence-electron chi connectivity index (χ1n) is 7.54. The van der Waals surface area contributed by atoms with Crippen LogP contribution < -0.4 is 4.74 Å². The van der Waals surface area contributed by atoms with Crippen LogP contribution in [0.25, 0.3) is 22.9 Å². The first-order chi connectivity index (χ1) is 12.3. The van der Waals surface area contributed by atoms with E-state index in [2.05, 4.69) is 10.2 Å². The Balaban J connectivity index is 2.07. The molecule has 0 spiro atoms. The van der Waals surface area contributed by atoms with Crippen molar-refractivity contribution >= 4 is 21.6 Å². The highest BCUT2D eigenvalue weighted by molar-refractivity contribution is 7.89. The average molecular weight is 394 g/mol. The molecule has 0 bridgehead atoms. The standard InChI is InChI=1S/C17H16ClN3O4S/c1-21(2)26(22,23)11-8-9-14(18)13(10-11)17-20-19-16(25-17)12-6-4-5-7-15(12)24-3/h4-10H,1-3H3. The molecule has 0 radical (unpaired) electrons. The van der Waals surface area contributed by atoms with Crippen LogP contribution in [-0.4, -0.2) is 44.1 Å². The van der Waals surface area contributed by atoms with Gasteiger partial charge in [0.15, 0.2) is 0 Å². The largest absolute Gasteiger partial charge is 0.496 e. The molecule has 0 saturated heterocycles. The Bertz CT molecular complexity index is 1050. The van der Waals surface area contributed by atoms with Crippen molar-refractivity contribution in [3.05, 3.63) is 47.5 Å². The van der Waals surface area contributed by atoms with E-state index in [0.717, 1.165) is 4.31 Å². The lowest BCUT2D eigenvalue weighted by atomic mass is 10.2. The van der Waals surface area contributed by atoms with Crippen LogP contribution in [0.3, 0.4) is 0 Å². The molecule has 26 heavy (non-hydrogen) atoms. The van der Waals surface area contributed by atoms with Crippen LogP contribution in [-0.2, 0) is 10.0 Å². The Labute approximate surface area is 156 Å². The van der Waals surface area contributed by atoms with Gasteiger partial charge in [-0.2, -0.15) is 0 Å². The third-order valence-corrected chi connectivity index (χ3v) is 5.85. The van der Waals surface area contributed by atoms with Crippen LogP contribution in [0, 0.1) is 0 Å². The van der Waals surface area contributed by atoms with Gasteiger partial charge in [0, 0.05) is 14.1 Å². The number of hydrogen-bond acceptors (Lipinski definition) is 6. The Morgan fingerprint density at radius 2 is 1.69 bits per heavy atom. The molecule has 7 nitrogen and oxygen atoms in total. The van der Waals surface area contributed by atoms with Crippen LogP contribution >= 0.6 is 11.6 Å². The molecule has 0 aliphatic heterocycles. The van der Waals surface area contributed by atoms with E-state index in [0.29, 0.717) is 21.9 Å². The summed E-state index contributed by atoms with van der Waals surface area (Å²) in [4.78, 5) is 0.0824. The summed E-state index contributed by atoms with van der Waals surface area (Å²) in [6, 6.07) is 11.5. The maximum atomic E-state index is 12.3. The van der Waals surface area contributed by atoms with Crippen molar-refractivity contribution in [2.24, 2.45) is 0 Å². The van der Waals surface area contributed by atoms with Gasteiger partial charge in [-0.05, 0) is 30.3 Å². The smallest absolute Gasteiger partial charge is 0.251 e. The summed E-state index contributed by atoms with van der Waals surface area (Å²) < 4.78 is 36.8. The van der Waals surface area contributed by atoms with Gasteiger partial charge in [0.05, 0.1) is 28.2 Å². The fraction of sp³-hybridized carbons (Fsp3) is 0.176. The first kappa shape index (κ1) is 18.4. The molecular formula is C17H16ClN3O4S.